The van der Waals surface area contributed by atoms with Gasteiger partial charge in [-0.15, -0.1) is 11.8 Å². The van der Waals surface area contributed by atoms with Gasteiger partial charge in [0.1, 0.15) is 11.3 Å². The molecular weight excluding hydrogens is 438 g/mol. The fourth-order valence-corrected chi connectivity index (χ4v) is 5.09. The standard InChI is InChI=1S/C22H26ClN3O2S2/c1-5-29-16-9-6-8-15(14-16)21(27)26(13-7-12-25(2)3)22-24-19-18(28-4)11-10-17(23)20(19)30-22/h6,8-11,14H,5,7,12-13H2,1-4H3. The molecule has 0 radical (unpaired) electrons. The molecule has 1 aromatic heterocycles. The zero-order chi connectivity index (χ0) is 21.7. The quantitative estimate of drug-likeness (QED) is 0.382. The Hall–Kier alpha value is -1.80. The largest absolute Gasteiger partial charge is 0.494 e. The molecule has 1 heterocycles. The molecule has 30 heavy (non-hydrogen) atoms. The van der Waals surface area contributed by atoms with Crippen LogP contribution in [0.4, 0.5) is 5.13 Å². The Morgan fingerprint density at radius 2 is 2.03 bits per heavy atom. The molecule has 8 heteroatoms. The Kier molecular flexibility index (Phi) is 7.99. The number of hydrogen-bond acceptors (Lipinski definition) is 6. The van der Waals surface area contributed by atoms with Crippen LogP contribution >= 0.6 is 34.7 Å². The first-order valence-electron chi connectivity index (χ1n) is 9.77. The van der Waals surface area contributed by atoms with Crippen molar-refractivity contribution in [3.63, 3.8) is 0 Å². The van der Waals surface area contributed by atoms with Crippen LogP contribution in [0, 0.1) is 0 Å². The van der Waals surface area contributed by atoms with Crippen LogP contribution < -0.4 is 9.64 Å². The Balaban J connectivity index is 2.00. The molecule has 5 nitrogen and oxygen atoms in total. The van der Waals surface area contributed by atoms with Gasteiger partial charge in [0.15, 0.2) is 5.13 Å². The zero-order valence-corrected chi connectivity index (χ0v) is 20.0. The molecule has 0 bridgehead atoms. The zero-order valence-electron chi connectivity index (χ0n) is 17.6. The minimum absolute atomic E-state index is 0.0542. The van der Waals surface area contributed by atoms with E-state index in [1.807, 2.05) is 38.4 Å². The molecule has 3 aromatic rings. The normalized spacial score (nSPS) is 11.3. The van der Waals surface area contributed by atoms with E-state index in [9.17, 15) is 4.79 Å². The summed E-state index contributed by atoms with van der Waals surface area (Å²) in [5, 5.41) is 1.24. The van der Waals surface area contributed by atoms with Crippen LogP contribution in [-0.2, 0) is 0 Å². The number of carbonyl (C=O) groups is 1. The monoisotopic (exact) mass is 463 g/mol. The van der Waals surface area contributed by atoms with Gasteiger partial charge >= 0.3 is 0 Å². The summed E-state index contributed by atoms with van der Waals surface area (Å²) < 4.78 is 6.27. The molecular formula is C22H26ClN3O2S2. The molecule has 3 rings (SSSR count). The maximum Gasteiger partial charge on any atom is 0.260 e. The lowest BCUT2D eigenvalue weighted by molar-refractivity contribution is 0.0986. The Labute approximate surface area is 191 Å². The van der Waals surface area contributed by atoms with E-state index in [-0.39, 0.29) is 5.91 Å². The molecule has 0 unspecified atom stereocenters. The van der Waals surface area contributed by atoms with Gasteiger partial charge in [-0.1, -0.05) is 35.9 Å². The molecule has 0 saturated heterocycles. The minimum atomic E-state index is -0.0542. The summed E-state index contributed by atoms with van der Waals surface area (Å²) in [5.41, 5.74) is 1.35. The van der Waals surface area contributed by atoms with Crippen molar-refractivity contribution < 1.29 is 9.53 Å². The van der Waals surface area contributed by atoms with E-state index < -0.39 is 0 Å². The van der Waals surface area contributed by atoms with Crippen LogP contribution in [0.5, 0.6) is 5.75 Å². The summed E-state index contributed by atoms with van der Waals surface area (Å²) in [6, 6.07) is 11.4. The third-order valence-corrected chi connectivity index (χ3v) is 6.94. The highest BCUT2D eigenvalue weighted by Crippen LogP contribution is 2.39. The molecule has 0 saturated carbocycles. The number of amides is 1. The molecule has 0 aliphatic carbocycles. The number of fused-ring (bicyclic) bond motifs is 1. The number of nitrogens with zero attached hydrogens (tertiary/aromatic N) is 3. The Morgan fingerprint density at radius 1 is 1.23 bits per heavy atom. The average Bonchev–Trinajstić information content (AvgIpc) is 3.17. The Morgan fingerprint density at radius 3 is 2.73 bits per heavy atom. The first-order chi connectivity index (χ1) is 14.4. The second kappa shape index (κ2) is 10.5. The van der Waals surface area contributed by atoms with Crippen LogP contribution in [0.3, 0.4) is 0 Å². The summed E-state index contributed by atoms with van der Waals surface area (Å²) in [7, 11) is 5.67. The first-order valence-corrected chi connectivity index (χ1v) is 11.9. The van der Waals surface area contributed by atoms with Crippen molar-refractivity contribution >= 4 is 56.0 Å². The van der Waals surface area contributed by atoms with Gasteiger partial charge in [-0.2, -0.15) is 0 Å². The predicted molar refractivity (Wildman–Crippen MR) is 129 cm³/mol. The van der Waals surface area contributed by atoms with Gasteiger partial charge < -0.3 is 9.64 Å². The maximum atomic E-state index is 13.5. The number of carbonyl (C=O) groups excluding carboxylic acids is 1. The molecule has 0 atom stereocenters. The van der Waals surface area contributed by atoms with Gasteiger partial charge in [0.25, 0.3) is 5.91 Å². The van der Waals surface area contributed by atoms with Gasteiger partial charge in [-0.3, -0.25) is 9.69 Å². The molecule has 0 aliphatic rings. The van der Waals surface area contributed by atoms with E-state index in [0.717, 1.165) is 28.3 Å². The second-order valence-corrected chi connectivity index (χ2v) is 9.72. The van der Waals surface area contributed by atoms with Crippen molar-refractivity contribution in [3.8, 4) is 5.75 Å². The van der Waals surface area contributed by atoms with Crippen LogP contribution in [0.15, 0.2) is 41.3 Å². The highest BCUT2D eigenvalue weighted by molar-refractivity contribution is 7.99. The highest BCUT2D eigenvalue weighted by atomic mass is 35.5. The fourth-order valence-electron chi connectivity index (χ4n) is 3.09. The van der Waals surface area contributed by atoms with Crippen molar-refractivity contribution in [3.05, 3.63) is 47.0 Å². The number of thioether (sulfide) groups is 1. The van der Waals surface area contributed by atoms with Crippen LogP contribution in [0.1, 0.15) is 23.7 Å². The van der Waals surface area contributed by atoms with Gasteiger partial charge in [-0.25, -0.2) is 4.98 Å². The molecule has 0 fully saturated rings. The summed E-state index contributed by atoms with van der Waals surface area (Å²) in [5.74, 6) is 1.56. The molecule has 2 aromatic carbocycles. The number of ether oxygens (including phenoxy) is 1. The molecule has 160 valence electrons. The molecule has 1 amide bonds. The summed E-state index contributed by atoms with van der Waals surface area (Å²) >= 11 is 9.55. The second-order valence-electron chi connectivity index (χ2n) is 7.00. The molecule has 0 N–H and O–H groups in total. The topological polar surface area (TPSA) is 45.7 Å². The van der Waals surface area contributed by atoms with E-state index in [4.69, 9.17) is 21.3 Å². The van der Waals surface area contributed by atoms with Crippen molar-refractivity contribution in [1.29, 1.82) is 0 Å². The Bertz CT molecular complexity index is 1020. The third-order valence-electron chi connectivity index (χ3n) is 4.52. The smallest absolute Gasteiger partial charge is 0.260 e. The fraction of sp³-hybridized carbons (Fsp3) is 0.364. The summed E-state index contributed by atoms with van der Waals surface area (Å²) in [4.78, 5) is 23.2. The van der Waals surface area contributed by atoms with E-state index in [2.05, 4.69) is 11.8 Å². The third kappa shape index (κ3) is 5.27. The highest BCUT2D eigenvalue weighted by Gasteiger charge is 2.23. The molecule has 0 spiro atoms. The number of thiazole rings is 1. The predicted octanol–water partition coefficient (Wildman–Crippen LogP) is 5.67. The number of hydrogen-bond donors (Lipinski definition) is 0. The van der Waals surface area contributed by atoms with E-state index >= 15 is 0 Å². The van der Waals surface area contributed by atoms with Crippen LogP contribution in [-0.4, -0.2) is 55.8 Å². The number of anilines is 1. The molecule has 0 aliphatic heterocycles. The summed E-state index contributed by atoms with van der Waals surface area (Å²) in [6.45, 7) is 3.55. The van der Waals surface area contributed by atoms with Gasteiger partial charge in [0.05, 0.1) is 16.8 Å². The number of benzene rings is 2. The SMILES string of the molecule is CCSc1cccc(C(=O)N(CCCN(C)C)c2nc3c(OC)ccc(Cl)c3s2)c1. The average molecular weight is 464 g/mol. The van der Waals surface area contributed by atoms with Gasteiger partial charge in [-0.05, 0) is 63.1 Å². The number of halogens is 1. The maximum absolute atomic E-state index is 13.5. The van der Waals surface area contributed by atoms with E-state index in [0.29, 0.717) is 33.5 Å². The van der Waals surface area contributed by atoms with Crippen molar-refractivity contribution in [1.82, 2.24) is 9.88 Å². The van der Waals surface area contributed by atoms with Crippen LogP contribution in [0.25, 0.3) is 10.2 Å². The lowest BCUT2D eigenvalue weighted by Crippen LogP contribution is -2.33. The minimum Gasteiger partial charge on any atom is -0.494 e. The van der Waals surface area contributed by atoms with Gasteiger partial charge in [0.2, 0.25) is 0 Å². The van der Waals surface area contributed by atoms with E-state index in [1.165, 1.54) is 11.3 Å². The number of rotatable bonds is 9. The number of aromatic nitrogens is 1. The lowest BCUT2D eigenvalue weighted by atomic mass is 10.2. The summed E-state index contributed by atoms with van der Waals surface area (Å²) in [6.07, 6.45) is 0.836. The van der Waals surface area contributed by atoms with Crippen molar-refractivity contribution in [2.24, 2.45) is 0 Å². The van der Waals surface area contributed by atoms with Crippen molar-refractivity contribution in [2.75, 3.05) is 44.9 Å². The van der Waals surface area contributed by atoms with Crippen molar-refractivity contribution in [2.45, 2.75) is 18.2 Å². The van der Waals surface area contributed by atoms with E-state index in [1.54, 1.807) is 35.9 Å². The number of methoxy groups -OCH3 is 1. The first kappa shape index (κ1) is 22.9. The van der Waals surface area contributed by atoms with Gasteiger partial charge in [0, 0.05) is 17.0 Å². The van der Waals surface area contributed by atoms with Crippen LogP contribution in [0.2, 0.25) is 5.02 Å². The lowest BCUT2D eigenvalue weighted by Gasteiger charge is -2.21.